The minimum atomic E-state index is 0.794. The van der Waals surface area contributed by atoms with Crippen molar-refractivity contribution in [3.05, 3.63) is 57.5 Å². The molecule has 0 nitrogen and oxygen atoms in total. The number of rotatable bonds is 0. The first-order valence-electron chi connectivity index (χ1n) is 4.07. The van der Waals surface area contributed by atoms with Crippen LogP contribution >= 0.6 is 11.6 Å². The molecule has 0 unspecified atom stereocenters. The fourth-order valence-electron chi connectivity index (χ4n) is 0.862. The monoisotopic (exact) mass is 225 g/mol. The molecule has 0 N–H and O–H groups in total. The Labute approximate surface area is 95.7 Å². The van der Waals surface area contributed by atoms with Crippen molar-refractivity contribution in [3.63, 3.8) is 0 Å². The van der Waals surface area contributed by atoms with Gasteiger partial charge in [-0.1, -0.05) is 29.8 Å². The Kier molecular flexibility index (Phi) is 5.14. The molecule has 13 heavy (non-hydrogen) atoms. The molecule has 65 valence electrons. The third-order valence-corrected chi connectivity index (χ3v) is 2.34. The van der Waals surface area contributed by atoms with Gasteiger partial charge < -0.3 is 0 Å². The fourth-order valence-corrected chi connectivity index (χ4v) is 1.34. The van der Waals surface area contributed by atoms with E-state index in [1.807, 2.05) is 30.3 Å². The van der Waals surface area contributed by atoms with Crippen molar-refractivity contribution in [3.8, 4) is 0 Å². The van der Waals surface area contributed by atoms with Crippen molar-refractivity contribution in [2.75, 3.05) is 0 Å². The topological polar surface area (TPSA) is 0 Å². The van der Waals surface area contributed by atoms with Crippen molar-refractivity contribution in [2.45, 2.75) is 6.42 Å². The first-order chi connectivity index (χ1) is 6.29. The van der Waals surface area contributed by atoms with Gasteiger partial charge in [-0.2, -0.15) is 0 Å². The Morgan fingerprint density at radius 1 is 1.15 bits per heavy atom. The van der Waals surface area contributed by atoms with Gasteiger partial charge in [0.25, 0.3) is 0 Å². The molecule has 1 aromatic carbocycles. The van der Waals surface area contributed by atoms with Gasteiger partial charge in [0.1, 0.15) is 0 Å². The molecule has 0 spiro atoms. The van der Waals surface area contributed by atoms with Crippen LogP contribution < -0.4 is 0 Å². The van der Waals surface area contributed by atoms with Crippen molar-refractivity contribution in [1.29, 1.82) is 0 Å². The van der Waals surface area contributed by atoms with E-state index in [2.05, 4.69) is 38.7 Å². The predicted octanol–water partition coefficient (Wildman–Crippen LogP) is 3.72. The zero-order valence-corrected chi connectivity index (χ0v) is 9.52. The van der Waals surface area contributed by atoms with E-state index in [-0.39, 0.29) is 0 Å². The second-order valence-corrected chi connectivity index (χ2v) is 4.06. The van der Waals surface area contributed by atoms with Gasteiger partial charge in [-0.15, -0.1) is 0 Å². The summed E-state index contributed by atoms with van der Waals surface area (Å²) >= 11 is 7.68. The Bertz CT molecular complexity index is 301. The second kappa shape index (κ2) is 6.20. The van der Waals surface area contributed by atoms with Crippen LogP contribution in [0.3, 0.4) is 0 Å². The van der Waals surface area contributed by atoms with E-state index in [0.717, 1.165) is 5.02 Å². The Morgan fingerprint density at radius 2 is 1.85 bits per heavy atom. The third kappa shape index (κ3) is 5.10. The van der Waals surface area contributed by atoms with Gasteiger partial charge in [-0.3, -0.25) is 0 Å². The number of hydrogen-bond donors (Lipinski definition) is 0. The standard InChI is InChI=1S/C6H5Cl.C5H5.Ti/c7-6-4-2-1-3-5-6;1-2-4-5-3-1;/h1-5H;1-3H,4H2;. The molecule has 0 fully saturated rings. The summed E-state index contributed by atoms with van der Waals surface area (Å²) in [6, 6.07) is 9.44. The van der Waals surface area contributed by atoms with Gasteiger partial charge in [0.2, 0.25) is 0 Å². The average Bonchev–Trinajstić information content (AvgIpc) is 2.58. The molecule has 1 aromatic rings. The van der Waals surface area contributed by atoms with Gasteiger partial charge in [0.15, 0.2) is 0 Å². The zero-order valence-electron chi connectivity index (χ0n) is 7.20. The van der Waals surface area contributed by atoms with Crippen LogP contribution in [-0.4, -0.2) is 0 Å². The normalized spacial score (nSPS) is 13.1. The maximum absolute atomic E-state index is 5.54. The summed E-state index contributed by atoms with van der Waals surface area (Å²) in [5.74, 6) is 0. The van der Waals surface area contributed by atoms with Crippen LogP contribution in [0.25, 0.3) is 0 Å². The SMILES string of the molecule is Clc1ccccc1.[Ti][C]1=CC=CC1. The molecule has 2 rings (SSSR count). The molecule has 0 aliphatic heterocycles. The molecule has 0 heterocycles. The van der Waals surface area contributed by atoms with Crippen LogP contribution in [0.5, 0.6) is 0 Å². The van der Waals surface area contributed by atoms with Gasteiger partial charge in [0, 0.05) is 5.02 Å². The summed E-state index contributed by atoms with van der Waals surface area (Å²) in [5.41, 5.74) is 0. The number of allylic oxidation sites excluding steroid dienone is 4. The van der Waals surface area contributed by atoms with Crippen molar-refractivity contribution >= 4 is 11.6 Å². The predicted molar refractivity (Wildman–Crippen MR) is 53.3 cm³/mol. The van der Waals surface area contributed by atoms with E-state index in [4.69, 9.17) is 11.6 Å². The zero-order chi connectivity index (χ0) is 9.52. The number of hydrogen-bond acceptors (Lipinski definition) is 0. The van der Waals surface area contributed by atoms with E-state index in [1.165, 1.54) is 10.3 Å². The molecule has 0 atom stereocenters. The molecular formula is C11H10ClTi. The van der Waals surface area contributed by atoms with Crippen LogP contribution in [0.2, 0.25) is 5.02 Å². The van der Waals surface area contributed by atoms with E-state index in [9.17, 15) is 0 Å². The van der Waals surface area contributed by atoms with E-state index in [0.29, 0.717) is 0 Å². The quantitative estimate of drug-likeness (QED) is 0.591. The van der Waals surface area contributed by atoms with Gasteiger partial charge in [-0.25, -0.2) is 0 Å². The van der Waals surface area contributed by atoms with Crippen LogP contribution in [0.4, 0.5) is 0 Å². The van der Waals surface area contributed by atoms with Gasteiger partial charge >= 0.3 is 49.0 Å². The Hall–Kier alpha value is -0.296. The van der Waals surface area contributed by atoms with Crippen molar-refractivity contribution < 1.29 is 20.4 Å². The molecular weight excluding hydrogens is 215 g/mol. The van der Waals surface area contributed by atoms with E-state index >= 15 is 0 Å². The van der Waals surface area contributed by atoms with Gasteiger partial charge in [0.05, 0.1) is 0 Å². The number of benzene rings is 1. The molecule has 0 radical (unpaired) electrons. The molecule has 0 aromatic heterocycles. The van der Waals surface area contributed by atoms with E-state index < -0.39 is 0 Å². The van der Waals surface area contributed by atoms with Crippen molar-refractivity contribution in [1.82, 2.24) is 0 Å². The maximum atomic E-state index is 5.54. The summed E-state index contributed by atoms with van der Waals surface area (Å²) in [6.45, 7) is 0. The Morgan fingerprint density at radius 3 is 2.08 bits per heavy atom. The first-order valence-corrected chi connectivity index (χ1v) is 5.23. The summed E-state index contributed by atoms with van der Waals surface area (Å²) in [6.07, 6.45) is 7.56. The fraction of sp³-hybridized carbons (Fsp3) is 0.0909. The van der Waals surface area contributed by atoms with Crippen LogP contribution in [0.15, 0.2) is 52.4 Å². The molecule has 2 heteroatoms. The summed E-state index contributed by atoms with van der Waals surface area (Å²) in [5, 5.41) is 0.794. The summed E-state index contributed by atoms with van der Waals surface area (Å²) in [7, 11) is 0. The van der Waals surface area contributed by atoms with Gasteiger partial charge in [-0.05, 0) is 12.1 Å². The minimum absolute atomic E-state index is 0.794. The molecule has 0 amide bonds. The molecule has 1 aliphatic rings. The molecule has 0 saturated heterocycles. The molecule has 0 saturated carbocycles. The average molecular weight is 226 g/mol. The first kappa shape index (κ1) is 10.8. The van der Waals surface area contributed by atoms with Crippen LogP contribution in [0, 0.1) is 0 Å². The third-order valence-electron chi connectivity index (χ3n) is 1.50. The second-order valence-electron chi connectivity index (χ2n) is 2.62. The van der Waals surface area contributed by atoms with Crippen LogP contribution in [-0.2, 0) is 20.4 Å². The Balaban J connectivity index is 0.000000132. The molecule has 0 bridgehead atoms. The number of halogens is 1. The van der Waals surface area contributed by atoms with Crippen LogP contribution in [0.1, 0.15) is 6.42 Å². The summed E-state index contributed by atoms with van der Waals surface area (Å²) in [4.78, 5) is 0. The van der Waals surface area contributed by atoms with Crippen molar-refractivity contribution in [2.24, 2.45) is 0 Å². The summed E-state index contributed by atoms with van der Waals surface area (Å²) < 4.78 is 1.47. The molecule has 1 aliphatic carbocycles. The van der Waals surface area contributed by atoms with E-state index in [1.54, 1.807) is 0 Å².